The molecule has 1 aromatic heterocycles. The second kappa shape index (κ2) is 9.50. The van der Waals surface area contributed by atoms with Gasteiger partial charge in [0.1, 0.15) is 12.4 Å². The molecule has 2 saturated heterocycles. The van der Waals surface area contributed by atoms with Gasteiger partial charge in [0.25, 0.3) is 0 Å². The summed E-state index contributed by atoms with van der Waals surface area (Å²) >= 11 is 0. The number of pyridine rings is 1. The van der Waals surface area contributed by atoms with Crippen LogP contribution in [0.4, 0.5) is 4.39 Å². The number of likely N-dealkylation sites (tertiary alicyclic amines) is 1. The summed E-state index contributed by atoms with van der Waals surface area (Å²) in [6.45, 7) is 1.87. The van der Waals surface area contributed by atoms with Gasteiger partial charge in [-0.2, -0.15) is 0 Å². The molecule has 7 nitrogen and oxygen atoms in total. The second-order valence-corrected chi connectivity index (χ2v) is 10.5. The molecular weight excluding hydrogens is 473 g/mol. The Hall–Kier alpha value is -3.36. The lowest BCUT2D eigenvalue weighted by Gasteiger charge is -2.48. The van der Waals surface area contributed by atoms with Gasteiger partial charge in [0.05, 0.1) is 24.1 Å². The molecule has 192 valence electrons. The average Bonchev–Trinajstić information content (AvgIpc) is 3.75. The van der Waals surface area contributed by atoms with Crippen molar-refractivity contribution in [1.82, 2.24) is 14.8 Å². The van der Waals surface area contributed by atoms with Crippen molar-refractivity contribution in [2.75, 3.05) is 26.2 Å². The van der Waals surface area contributed by atoms with E-state index in [1.807, 2.05) is 41.3 Å². The van der Waals surface area contributed by atoms with Crippen molar-refractivity contribution < 1.29 is 23.8 Å². The van der Waals surface area contributed by atoms with E-state index in [1.54, 1.807) is 12.3 Å². The van der Waals surface area contributed by atoms with E-state index < -0.39 is 23.4 Å². The van der Waals surface area contributed by atoms with Crippen LogP contribution in [-0.2, 0) is 14.3 Å². The maximum Gasteiger partial charge on any atom is 0.305 e. The Kier molecular flexibility index (Phi) is 6.16. The maximum atomic E-state index is 15.5. The molecule has 3 aliphatic rings. The third-order valence-corrected chi connectivity index (χ3v) is 8.09. The van der Waals surface area contributed by atoms with Crippen molar-refractivity contribution in [1.29, 1.82) is 0 Å². The molecule has 3 heterocycles. The van der Waals surface area contributed by atoms with Crippen LogP contribution in [0.25, 0.3) is 22.0 Å². The minimum Gasteiger partial charge on any atom is -0.481 e. The highest BCUT2D eigenvalue weighted by Crippen LogP contribution is 2.39. The Bertz CT molecular complexity index is 1350. The first kappa shape index (κ1) is 24.0. The third-order valence-electron chi connectivity index (χ3n) is 8.09. The fraction of sp³-hybridized carbons (Fsp3) is 0.414. The lowest BCUT2D eigenvalue weighted by Crippen LogP contribution is -2.59. The first-order valence-corrected chi connectivity index (χ1v) is 12.9. The second-order valence-electron chi connectivity index (χ2n) is 10.5. The highest BCUT2D eigenvalue weighted by molar-refractivity contribution is 5.84. The molecule has 1 saturated carbocycles. The van der Waals surface area contributed by atoms with E-state index in [2.05, 4.69) is 9.88 Å². The number of rotatable bonds is 6. The van der Waals surface area contributed by atoms with Crippen LogP contribution < -0.4 is 0 Å². The van der Waals surface area contributed by atoms with E-state index in [1.165, 1.54) is 6.07 Å². The number of hydrogen-bond donors (Lipinski definition) is 1. The molecule has 6 rings (SSSR count). The number of halogens is 1. The fourth-order valence-corrected chi connectivity index (χ4v) is 5.83. The van der Waals surface area contributed by atoms with Gasteiger partial charge in [0.15, 0.2) is 0 Å². The van der Waals surface area contributed by atoms with Gasteiger partial charge in [-0.1, -0.05) is 30.3 Å². The molecule has 2 aromatic carbocycles. The number of amides is 1. The van der Waals surface area contributed by atoms with Gasteiger partial charge in [-0.25, -0.2) is 4.39 Å². The Labute approximate surface area is 214 Å². The van der Waals surface area contributed by atoms with E-state index in [0.717, 1.165) is 34.9 Å². The topological polar surface area (TPSA) is 83.0 Å². The lowest BCUT2D eigenvalue weighted by molar-refractivity contribution is -0.174. The molecule has 1 atom stereocenters. The summed E-state index contributed by atoms with van der Waals surface area (Å²) in [6, 6.07) is 14.5. The van der Waals surface area contributed by atoms with Crippen molar-refractivity contribution >= 4 is 22.8 Å². The van der Waals surface area contributed by atoms with Crippen molar-refractivity contribution in [3.8, 4) is 11.1 Å². The zero-order valence-corrected chi connectivity index (χ0v) is 20.6. The Morgan fingerprint density at radius 2 is 1.89 bits per heavy atom. The molecule has 3 aromatic rings. The minimum atomic E-state index is -0.964. The molecule has 1 N–H and O–H groups in total. The summed E-state index contributed by atoms with van der Waals surface area (Å²) in [5, 5.41) is 10.7. The number of benzene rings is 2. The summed E-state index contributed by atoms with van der Waals surface area (Å²) in [4.78, 5) is 32.5. The first-order chi connectivity index (χ1) is 17.9. The SMILES string of the molecule is O=C(O)CC(c1ccc(-c2ccc3cccnc3c2)cc1F)N1CCC2(CC1)CN(C1CC1)C(=O)CO2. The Balaban J connectivity index is 1.21. The Morgan fingerprint density at radius 1 is 1.14 bits per heavy atom. The number of carbonyl (C=O) groups excluding carboxylic acids is 1. The molecule has 0 radical (unpaired) electrons. The fourth-order valence-electron chi connectivity index (χ4n) is 5.83. The van der Waals surface area contributed by atoms with E-state index >= 15 is 4.39 Å². The first-order valence-electron chi connectivity index (χ1n) is 12.9. The van der Waals surface area contributed by atoms with Gasteiger partial charge in [-0.05, 0) is 55.0 Å². The van der Waals surface area contributed by atoms with Crippen molar-refractivity contribution in [3.05, 3.63) is 66.1 Å². The third kappa shape index (κ3) is 4.83. The van der Waals surface area contributed by atoms with Crippen LogP contribution >= 0.6 is 0 Å². The summed E-state index contributed by atoms with van der Waals surface area (Å²) in [7, 11) is 0. The number of hydrogen-bond acceptors (Lipinski definition) is 5. The van der Waals surface area contributed by atoms with E-state index in [-0.39, 0.29) is 18.9 Å². The van der Waals surface area contributed by atoms with Crippen LogP contribution in [0.15, 0.2) is 54.7 Å². The normalized spacial score (nSPS) is 20.9. The number of ether oxygens (including phenoxy) is 1. The number of piperidine rings is 1. The van der Waals surface area contributed by atoms with Gasteiger partial charge in [-0.15, -0.1) is 0 Å². The molecule has 1 spiro atoms. The number of morpholine rings is 1. The number of carboxylic acid groups (broad SMARTS) is 1. The number of fused-ring (bicyclic) bond motifs is 1. The molecule has 8 heteroatoms. The maximum absolute atomic E-state index is 15.5. The van der Waals surface area contributed by atoms with Gasteiger partial charge in [0, 0.05) is 42.3 Å². The molecule has 1 unspecified atom stereocenters. The van der Waals surface area contributed by atoms with Crippen LogP contribution in [0.3, 0.4) is 0 Å². The number of nitrogens with zero attached hydrogens (tertiary/aromatic N) is 3. The Morgan fingerprint density at radius 3 is 2.62 bits per heavy atom. The van der Waals surface area contributed by atoms with Crippen LogP contribution in [-0.4, -0.2) is 69.7 Å². The van der Waals surface area contributed by atoms with Crippen molar-refractivity contribution in [2.45, 2.75) is 49.8 Å². The number of aromatic nitrogens is 1. The predicted molar refractivity (Wildman–Crippen MR) is 136 cm³/mol. The molecule has 3 fully saturated rings. The summed E-state index contributed by atoms with van der Waals surface area (Å²) in [6.07, 6.45) is 5.03. The van der Waals surface area contributed by atoms with E-state index in [4.69, 9.17) is 4.74 Å². The molecule has 1 aliphatic carbocycles. The van der Waals surface area contributed by atoms with Crippen LogP contribution in [0, 0.1) is 5.82 Å². The lowest BCUT2D eigenvalue weighted by atomic mass is 9.87. The standard InChI is InChI=1S/C29H30FN3O4/c30-24-14-20(21-4-3-19-2-1-11-31-25(19)15-21)5-8-23(24)26(16-28(35)36)32-12-9-29(10-13-32)18-33(22-6-7-22)27(34)17-37-29/h1-5,8,11,14-15,22,26H,6-7,9-10,12-13,16-18H2,(H,35,36). The number of aliphatic carboxylic acids is 1. The summed E-state index contributed by atoms with van der Waals surface area (Å²) in [5.74, 6) is -1.32. The molecule has 37 heavy (non-hydrogen) atoms. The monoisotopic (exact) mass is 503 g/mol. The average molecular weight is 504 g/mol. The summed E-state index contributed by atoms with van der Waals surface area (Å²) < 4.78 is 21.6. The summed E-state index contributed by atoms with van der Waals surface area (Å²) in [5.41, 5.74) is 2.41. The minimum absolute atomic E-state index is 0.0589. The molecule has 1 amide bonds. The highest BCUT2D eigenvalue weighted by Gasteiger charge is 2.47. The quantitative estimate of drug-likeness (QED) is 0.537. The number of carbonyl (C=O) groups is 2. The molecule has 0 bridgehead atoms. The van der Waals surface area contributed by atoms with E-state index in [0.29, 0.717) is 44.1 Å². The zero-order chi connectivity index (χ0) is 25.6. The van der Waals surface area contributed by atoms with Gasteiger partial charge in [-0.3, -0.25) is 19.5 Å². The highest BCUT2D eigenvalue weighted by atomic mass is 19.1. The van der Waals surface area contributed by atoms with Crippen molar-refractivity contribution in [3.63, 3.8) is 0 Å². The van der Waals surface area contributed by atoms with Crippen LogP contribution in [0.1, 0.15) is 43.7 Å². The molecule has 2 aliphatic heterocycles. The zero-order valence-electron chi connectivity index (χ0n) is 20.6. The van der Waals surface area contributed by atoms with Crippen molar-refractivity contribution in [2.24, 2.45) is 0 Å². The van der Waals surface area contributed by atoms with Crippen LogP contribution in [0.5, 0.6) is 0 Å². The number of carboxylic acids is 1. The molecular formula is C29H30FN3O4. The smallest absolute Gasteiger partial charge is 0.305 e. The van der Waals surface area contributed by atoms with Crippen LogP contribution in [0.2, 0.25) is 0 Å². The van der Waals surface area contributed by atoms with Gasteiger partial charge in [0.2, 0.25) is 5.91 Å². The van der Waals surface area contributed by atoms with E-state index in [9.17, 15) is 14.7 Å². The predicted octanol–water partition coefficient (Wildman–Crippen LogP) is 4.41. The van der Waals surface area contributed by atoms with Gasteiger partial charge < -0.3 is 14.7 Å². The largest absolute Gasteiger partial charge is 0.481 e. The van der Waals surface area contributed by atoms with Gasteiger partial charge >= 0.3 is 5.97 Å².